The van der Waals surface area contributed by atoms with Gasteiger partial charge >= 0.3 is 0 Å². The van der Waals surface area contributed by atoms with Crippen LogP contribution in [0.3, 0.4) is 0 Å². The fourth-order valence-corrected chi connectivity index (χ4v) is 4.42. The molecular weight excluding hydrogens is 354 g/mol. The minimum Gasteiger partial charge on any atom is -0.274 e. The molecule has 0 unspecified atom stereocenters. The summed E-state index contributed by atoms with van der Waals surface area (Å²) >= 11 is 1.79. The molecule has 0 saturated carbocycles. The van der Waals surface area contributed by atoms with E-state index < -0.39 is 0 Å². The molecule has 27 heavy (non-hydrogen) atoms. The molecule has 0 spiro atoms. The summed E-state index contributed by atoms with van der Waals surface area (Å²) in [5, 5.41) is 4.41. The highest BCUT2D eigenvalue weighted by molar-refractivity contribution is 7.07. The monoisotopic (exact) mass is 383 g/mol. The molecular formula is C23H29NO2S. The number of hydrogen-bond acceptors (Lipinski definition) is 3. The third-order valence-electron chi connectivity index (χ3n) is 5.31. The molecule has 1 aliphatic rings. The van der Waals surface area contributed by atoms with E-state index in [0.717, 1.165) is 12.8 Å². The first-order valence-corrected chi connectivity index (χ1v) is 11.2. The predicted molar refractivity (Wildman–Crippen MR) is 111 cm³/mol. The highest BCUT2D eigenvalue weighted by atomic mass is 32.1. The summed E-state index contributed by atoms with van der Waals surface area (Å²) in [6.45, 7) is 0.551. The molecule has 0 saturated heterocycles. The number of amides is 2. The zero-order valence-electron chi connectivity index (χ0n) is 16.0. The van der Waals surface area contributed by atoms with Crippen molar-refractivity contribution in [3.05, 3.63) is 57.8 Å². The lowest BCUT2D eigenvalue weighted by Gasteiger charge is -2.13. The first kappa shape index (κ1) is 19.8. The van der Waals surface area contributed by atoms with Gasteiger partial charge in [0, 0.05) is 6.54 Å². The number of nitrogens with zero attached hydrogens (tertiary/aromatic N) is 1. The second-order valence-electron chi connectivity index (χ2n) is 7.37. The van der Waals surface area contributed by atoms with E-state index in [9.17, 15) is 9.59 Å². The van der Waals surface area contributed by atoms with Gasteiger partial charge in [-0.05, 0) is 53.8 Å². The smallest absolute Gasteiger partial charge is 0.261 e. The van der Waals surface area contributed by atoms with Gasteiger partial charge in [-0.1, -0.05) is 57.1 Å². The fraction of sp³-hybridized carbons (Fsp3) is 0.478. The van der Waals surface area contributed by atoms with Gasteiger partial charge in [0.2, 0.25) is 0 Å². The molecule has 0 N–H and O–H groups in total. The molecule has 0 fully saturated rings. The second kappa shape index (κ2) is 10.4. The van der Waals surface area contributed by atoms with Crippen LogP contribution in [-0.2, 0) is 6.42 Å². The van der Waals surface area contributed by atoms with Gasteiger partial charge in [0.15, 0.2) is 0 Å². The van der Waals surface area contributed by atoms with Crippen LogP contribution in [0.25, 0.3) is 0 Å². The third kappa shape index (κ3) is 5.52. The number of imide groups is 1. The molecule has 2 aromatic rings. The Kier molecular flexibility index (Phi) is 7.64. The first-order valence-electron chi connectivity index (χ1n) is 10.2. The van der Waals surface area contributed by atoms with Gasteiger partial charge in [-0.15, -0.1) is 0 Å². The summed E-state index contributed by atoms with van der Waals surface area (Å²) in [5.41, 5.74) is 2.60. The Balaban J connectivity index is 1.19. The van der Waals surface area contributed by atoms with Crippen LogP contribution in [0.1, 0.15) is 84.1 Å². The van der Waals surface area contributed by atoms with Crippen LogP contribution in [-0.4, -0.2) is 23.3 Å². The van der Waals surface area contributed by atoms with Crippen LogP contribution in [0, 0.1) is 0 Å². The molecule has 4 heteroatoms. The van der Waals surface area contributed by atoms with Crippen molar-refractivity contribution in [2.75, 3.05) is 6.54 Å². The predicted octanol–water partition coefficient (Wildman–Crippen LogP) is 6.10. The minimum absolute atomic E-state index is 0.127. The van der Waals surface area contributed by atoms with Crippen molar-refractivity contribution in [3.8, 4) is 0 Å². The van der Waals surface area contributed by atoms with E-state index in [1.807, 2.05) is 12.1 Å². The molecule has 1 aromatic carbocycles. The summed E-state index contributed by atoms with van der Waals surface area (Å²) in [6.07, 6.45) is 12.3. The van der Waals surface area contributed by atoms with Crippen molar-refractivity contribution in [1.82, 2.24) is 4.90 Å². The van der Waals surface area contributed by atoms with Crippen molar-refractivity contribution in [2.24, 2.45) is 0 Å². The number of benzene rings is 1. The van der Waals surface area contributed by atoms with Gasteiger partial charge in [-0.3, -0.25) is 14.5 Å². The zero-order chi connectivity index (χ0) is 18.9. The molecule has 1 aliphatic heterocycles. The number of rotatable bonds is 12. The van der Waals surface area contributed by atoms with E-state index in [4.69, 9.17) is 0 Å². The maximum absolute atomic E-state index is 12.3. The van der Waals surface area contributed by atoms with Crippen LogP contribution in [0.4, 0.5) is 0 Å². The minimum atomic E-state index is -0.127. The lowest BCUT2D eigenvalue weighted by Crippen LogP contribution is -2.30. The zero-order valence-corrected chi connectivity index (χ0v) is 16.8. The molecule has 2 amide bonds. The Bertz CT molecular complexity index is 704. The standard InChI is InChI=1S/C23H29NO2S/c25-22-20-13-9-10-14-21(20)23(26)24(22)16-11-7-5-3-1-2-4-6-8-12-19-15-17-27-18-19/h9-10,13-15,17-18H,1-8,11-12,16H2. The number of thiophene rings is 1. The fourth-order valence-electron chi connectivity index (χ4n) is 3.71. The molecule has 0 aliphatic carbocycles. The van der Waals surface area contributed by atoms with Crippen LogP contribution >= 0.6 is 11.3 Å². The molecule has 0 bridgehead atoms. The van der Waals surface area contributed by atoms with Gasteiger partial charge in [0.05, 0.1) is 11.1 Å². The molecule has 1 aromatic heterocycles. The van der Waals surface area contributed by atoms with Crippen LogP contribution in [0.5, 0.6) is 0 Å². The number of fused-ring (bicyclic) bond motifs is 1. The van der Waals surface area contributed by atoms with Crippen molar-refractivity contribution in [1.29, 1.82) is 0 Å². The van der Waals surface area contributed by atoms with Crippen LogP contribution < -0.4 is 0 Å². The Morgan fingerprint density at radius 2 is 1.26 bits per heavy atom. The molecule has 3 nitrogen and oxygen atoms in total. The largest absolute Gasteiger partial charge is 0.274 e. The van der Waals surface area contributed by atoms with Crippen molar-refractivity contribution < 1.29 is 9.59 Å². The van der Waals surface area contributed by atoms with Gasteiger partial charge < -0.3 is 0 Å². The van der Waals surface area contributed by atoms with E-state index in [0.29, 0.717) is 17.7 Å². The Hall–Kier alpha value is -1.94. The van der Waals surface area contributed by atoms with E-state index in [-0.39, 0.29) is 11.8 Å². The normalized spacial score (nSPS) is 13.4. The van der Waals surface area contributed by atoms with Gasteiger partial charge in [0.25, 0.3) is 11.8 Å². The average molecular weight is 384 g/mol. The number of hydrogen-bond donors (Lipinski definition) is 0. The number of carbonyl (C=O) groups is 2. The molecule has 0 atom stereocenters. The van der Waals surface area contributed by atoms with E-state index >= 15 is 0 Å². The molecule has 0 radical (unpaired) electrons. The van der Waals surface area contributed by atoms with E-state index in [1.165, 1.54) is 61.8 Å². The van der Waals surface area contributed by atoms with Crippen molar-refractivity contribution >= 4 is 23.2 Å². The lowest BCUT2D eigenvalue weighted by atomic mass is 10.0. The summed E-state index contributed by atoms with van der Waals surface area (Å²) in [5.74, 6) is -0.254. The maximum atomic E-state index is 12.3. The third-order valence-corrected chi connectivity index (χ3v) is 6.04. The van der Waals surface area contributed by atoms with E-state index in [2.05, 4.69) is 16.8 Å². The lowest BCUT2D eigenvalue weighted by molar-refractivity contribution is 0.0651. The Morgan fingerprint density at radius 3 is 1.81 bits per heavy atom. The number of aryl methyl sites for hydroxylation is 1. The average Bonchev–Trinajstić information content (AvgIpc) is 3.29. The first-order chi connectivity index (χ1) is 13.3. The van der Waals surface area contributed by atoms with Crippen molar-refractivity contribution in [3.63, 3.8) is 0 Å². The van der Waals surface area contributed by atoms with Gasteiger partial charge in [-0.25, -0.2) is 0 Å². The van der Waals surface area contributed by atoms with Gasteiger partial charge in [0.1, 0.15) is 0 Å². The summed E-state index contributed by atoms with van der Waals surface area (Å²) in [4.78, 5) is 26.0. The molecule has 2 heterocycles. The topological polar surface area (TPSA) is 37.4 Å². The SMILES string of the molecule is O=C1c2ccccc2C(=O)N1CCCCCCCCCCCc1ccsc1. The summed E-state index contributed by atoms with van der Waals surface area (Å²) < 4.78 is 0. The maximum Gasteiger partial charge on any atom is 0.261 e. The Labute approximate surface area is 166 Å². The van der Waals surface area contributed by atoms with E-state index in [1.54, 1.807) is 23.5 Å². The Morgan fingerprint density at radius 1 is 0.704 bits per heavy atom. The molecule has 144 valence electrons. The number of unbranched alkanes of at least 4 members (excludes halogenated alkanes) is 8. The van der Waals surface area contributed by atoms with Gasteiger partial charge in [-0.2, -0.15) is 11.3 Å². The summed E-state index contributed by atoms with van der Waals surface area (Å²) in [6, 6.07) is 9.35. The van der Waals surface area contributed by atoms with Crippen LogP contribution in [0.2, 0.25) is 0 Å². The highest BCUT2D eigenvalue weighted by Gasteiger charge is 2.34. The number of carbonyl (C=O) groups excluding carboxylic acids is 2. The second-order valence-corrected chi connectivity index (χ2v) is 8.15. The quantitative estimate of drug-likeness (QED) is 0.328. The molecule has 3 rings (SSSR count). The summed E-state index contributed by atoms with van der Waals surface area (Å²) in [7, 11) is 0. The van der Waals surface area contributed by atoms with Crippen molar-refractivity contribution in [2.45, 2.75) is 64.2 Å². The van der Waals surface area contributed by atoms with Crippen LogP contribution in [0.15, 0.2) is 41.1 Å². The highest BCUT2D eigenvalue weighted by Crippen LogP contribution is 2.23.